The number of aliphatic hydroxyl groups excluding tert-OH is 1. The molecule has 0 radical (unpaired) electrons. The summed E-state index contributed by atoms with van der Waals surface area (Å²) < 4.78 is 0. The number of aromatic hydroxyl groups is 1. The van der Waals surface area contributed by atoms with Crippen LogP contribution in [0.15, 0.2) is 17.3 Å². The smallest absolute Gasteiger partial charge is 0.151 e. The second-order valence-corrected chi connectivity index (χ2v) is 3.29. The van der Waals surface area contributed by atoms with Crippen molar-refractivity contribution in [1.82, 2.24) is 0 Å². The number of nitroso groups, excluding NO2 is 1. The van der Waals surface area contributed by atoms with Gasteiger partial charge in [-0.25, -0.2) is 0 Å². The van der Waals surface area contributed by atoms with E-state index in [1.54, 1.807) is 0 Å². The van der Waals surface area contributed by atoms with E-state index in [9.17, 15) is 15.1 Å². The summed E-state index contributed by atoms with van der Waals surface area (Å²) in [7, 11) is 0. The fourth-order valence-corrected chi connectivity index (χ4v) is 1.58. The van der Waals surface area contributed by atoms with Crippen LogP contribution in [0.1, 0.15) is 12.0 Å². The molecule has 3 N–H and O–H groups in total. The highest BCUT2D eigenvalue weighted by Crippen LogP contribution is 2.35. The summed E-state index contributed by atoms with van der Waals surface area (Å²) in [6.07, 6.45) is 0.683. The molecule has 1 aliphatic rings. The highest BCUT2D eigenvalue weighted by atomic mass is 16.3. The highest BCUT2D eigenvalue weighted by molar-refractivity contribution is 5.66. The molecule has 0 aromatic heterocycles. The number of phenols is 1. The van der Waals surface area contributed by atoms with Crippen LogP contribution in [-0.2, 0) is 6.42 Å². The van der Waals surface area contributed by atoms with Crippen molar-refractivity contribution in [1.29, 1.82) is 0 Å². The van der Waals surface area contributed by atoms with Crippen molar-refractivity contribution in [3.63, 3.8) is 0 Å². The van der Waals surface area contributed by atoms with E-state index in [1.807, 2.05) is 0 Å². The number of anilines is 1. The molecule has 0 fully saturated rings. The summed E-state index contributed by atoms with van der Waals surface area (Å²) in [5.41, 5.74) is 1.54. The predicted octanol–water partition coefficient (Wildman–Crippen LogP) is 1.47. The van der Waals surface area contributed by atoms with Gasteiger partial charge in [-0.1, -0.05) is 0 Å². The molecule has 1 aliphatic heterocycles. The van der Waals surface area contributed by atoms with Gasteiger partial charge in [0.15, 0.2) is 5.69 Å². The van der Waals surface area contributed by atoms with E-state index < -0.39 is 6.23 Å². The lowest BCUT2D eigenvalue weighted by Gasteiger charge is -2.23. The average Bonchev–Trinajstić information content (AvgIpc) is 2.17. The maximum atomic E-state index is 10.3. The lowest BCUT2D eigenvalue weighted by molar-refractivity contribution is 0.189. The van der Waals surface area contributed by atoms with Crippen molar-refractivity contribution in [2.45, 2.75) is 19.1 Å². The van der Waals surface area contributed by atoms with Gasteiger partial charge < -0.3 is 15.5 Å². The highest BCUT2D eigenvalue weighted by Gasteiger charge is 2.17. The van der Waals surface area contributed by atoms with Crippen LogP contribution in [0.25, 0.3) is 0 Å². The van der Waals surface area contributed by atoms with Crippen molar-refractivity contribution in [3.05, 3.63) is 22.6 Å². The molecule has 1 aromatic rings. The zero-order chi connectivity index (χ0) is 10.1. The molecular weight excluding hydrogens is 184 g/mol. The molecule has 14 heavy (non-hydrogen) atoms. The summed E-state index contributed by atoms with van der Waals surface area (Å²) in [6.45, 7) is 0. The maximum absolute atomic E-state index is 10.3. The van der Waals surface area contributed by atoms with Gasteiger partial charge in [0, 0.05) is 5.69 Å². The van der Waals surface area contributed by atoms with Crippen LogP contribution in [0.3, 0.4) is 0 Å². The van der Waals surface area contributed by atoms with Gasteiger partial charge in [0.1, 0.15) is 12.0 Å². The Kier molecular flexibility index (Phi) is 2.09. The minimum atomic E-state index is -0.591. The first kappa shape index (κ1) is 8.96. The van der Waals surface area contributed by atoms with Crippen LogP contribution < -0.4 is 5.32 Å². The molecule has 0 saturated carbocycles. The molecule has 0 saturated heterocycles. The summed E-state index contributed by atoms with van der Waals surface area (Å²) in [5, 5.41) is 24.1. The maximum Gasteiger partial charge on any atom is 0.151 e. The summed E-state index contributed by atoms with van der Waals surface area (Å²) >= 11 is 0. The minimum absolute atomic E-state index is 0.00894. The Hall–Kier alpha value is -1.62. The molecule has 1 heterocycles. The van der Waals surface area contributed by atoms with Crippen molar-refractivity contribution in [2.75, 3.05) is 5.32 Å². The largest absolute Gasteiger partial charge is 0.506 e. The fourth-order valence-electron chi connectivity index (χ4n) is 1.58. The quantitative estimate of drug-likeness (QED) is 0.467. The van der Waals surface area contributed by atoms with Crippen LogP contribution in [0, 0.1) is 4.91 Å². The average molecular weight is 194 g/mol. The summed E-state index contributed by atoms with van der Waals surface area (Å²) in [6, 6.07) is 2.95. The third kappa shape index (κ3) is 1.42. The van der Waals surface area contributed by atoms with E-state index in [4.69, 9.17) is 0 Å². The third-order valence-corrected chi connectivity index (χ3v) is 2.31. The van der Waals surface area contributed by atoms with Gasteiger partial charge in [-0.05, 0) is 35.7 Å². The lowest BCUT2D eigenvalue weighted by Crippen LogP contribution is -2.24. The number of rotatable bonds is 1. The van der Waals surface area contributed by atoms with Crippen molar-refractivity contribution in [2.24, 2.45) is 5.18 Å². The van der Waals surface area contributed by atoms with Gasteiger partial charge in [-0.15, -0.1) is 4.91 Å². The molecule has 74 valence electrons. The Balaban J connectivity index is 2.46. The number of hydrogen-bond donors (Lipinski definition) is 3. The van der Waals surface area contributed by atoms with Gasteiger partial charge >= 0.3 is 0 Å². The SMILES string of the molecule is O=Nc1cc2c(cc1O)CCC(O)N2. The van der Waals surface area contributed by atoms with E-state index in [1.165, 1.54) is 12.1 Å². The zero-order valence-electron chi connectivity index (χ0n) is 7.40. The van der Waals surface area contributed by atoms with E-state index in [0.717, 1.165) is 5.56 Å². The van der Waals surface area contributed by atoms with Crippen LogP contribution in [0.2, 0.25) is 0 Å². The monoisotopic (exact) mass is 194 g/mol. The topological polar surface area (TPSA) is 81.9 Å². The number of nitrogens with zero attached hydrogens (tertiary/aromatic N) is 1. The molecule has 1 unspecified atom stereocenters. The summed E-state index contributed by atoms with van der Waals surface area (Å²) in [4.78, 5) is 10.3. The minimum Gasteiger partial charge on any atom is -0.506 e. The van der Waals surface area contributed by atoms with E-state index in [0.29, 0.717) is 18.5 Å². The molecule has 5 heteroatoms. The number of aliphatic hydroxyl groups is 1. The normalized spacial score (nSPS) is 19.6. The molecule has 1 atom stereocenters. The second-order valence-electron chi connectivity index (χ2n) is 3.29. The number of nitrogens with one attached hydrogen (secondary N) is 1. The number of aryl methyl sites for hydroxylation is 1. The number of benzene rings is 1. The molecule has 2 rings (SSSR count). The van der Waals surface area contributed by atoms with E-state index >= 15 is 0 Å². The number of fused-ring (bicyclic) bond motifs is 1. The molecule has 5 nitrogen and oxygen atoms in total. The Bertz CT molecular complexity index is 379. The number of hydrogen-bond acceptors (Lipinski definition) is 5. The van der Waals surface area contributed by atoms with E-state index in [2.05, 4.69) is 10.5 Å². The van der Waals surface area contributed by atoms with Gasteiger partial charge in [0.25, 0.3) is 0 Å². The standard InChI is InChI=1S/C9H10N2O3/c12-8-3-5-1-2-9(13)10-6(5)4-7(8)11-14/h3-4,9-10,12-13H,1-2H2. The van der Waals surface area contributed by atoms with Gasteiger partial charge in [0.05, 0.1) is 0 Å². The molecule has 0 aliphatic carbocycles. The zero-order valence-corrected chi connectivity index (χ0v) is 7.40. The summed E-state index contributed by atoms with van der Waals surface area (Å²) in [5.74, 6) is -0.114. The Labute approximate surface area is 80.4 Å². The first-order chi connectivity index (χ1) is 6.70. The van der Waals surface area contributed by atoms with Crippen molar-refractivity contribution >= 4 is 11.4 Å². The molecule has 0 amide bonds. The molecular formula is C9H10N2O3. The first-order valence-corrected chi connectivity index (χ1v) is 4.34. The third-order valence-electron chi connectivity index (χ3n) is 2.31. The second kappa shape index (κ2) is 3.26. The Morgan fingerprint density at radius 3 is 3.00 bits per heavy atom. The van der Waals surface area contributed by atoms with Crippen LogP contribution >= 0.6 is 0 Å². The predicted molar refractivity (Wildman–Crippen MR) is 51.5 cm³/mol. The Morgan fingerprint density at radius 2 is 2.29 bits per heavy atom. The van der Waals surface area contributed by atoms with Crippen LogP contribution in [0.5, 0.6) is 5.75 Å². The molecule has 0 bridgehead atoms. The fraction of sp³-hybridized carbons (Fsp3) is 0.333. The first-order valence-electron chi connectivity index (χ1n) is 4.34. The van der Waals surface area contributed by atoms with Crippen LogP contribution in [-0.4, -0.2) is 16.4 Å². The van der Waals surface area contributed by atoms with Gasteiger partial charge in [-0.3, -0.25) is 0 Å². The van der Waals surface area contributed by atoms with Gasteiger partial charge in [-0.2, -0.15) is 0 Å². The van der Waals surface area contributed by atoms with Gasteiger partial charge in [0.2, 0.25) is 0 Å². The Morgan fingerprint density at radius 1 is 1.50 bits per heavy atom. The number of phenolic OH excluding ortho intramolecular Hbond substituents is 1. The van der Waals surface area contributed by atoms with Crippen molar-refractivity contribution in [3.8, 4) is 5.75 Å². The molecule has 0 spiro atoms. The van der Waals surface area contributed by atoms with E-state index in [-0.39, 0.29) is 11.4 Å². The lowest BCUT2D eigenvalue weighted by atomic mass is 10.0. The van der Waals surface area contributed by atoms with Crippen LogP contribution in [0.4, 0.5) is 11.4 Å². The van der Waals surface area contributed by atoms with Crippen molar-refractivity contribution < 1.29 is 10.2 Å². The molecule has 1 aromatic carbocycles.